The second kappa shape index (κ2) is 4.56. The highest BCUT2D eigenvalue weighted by Gasteiger charge is 2.43. The van der Waals surface area contributed by atoms with Gasteiger partial charge in [-0.2, -0.15) is 5.26 Å². The monoisotopic (exact) mass is 260 g/mol. The molecule has 1 aromatic carbocycles. The minimum absolute atomic E-state index is 0.241. The van der Waals surface area contributed by atoms with E-state index in [4.69, 9.17) is 10.00 Å². The van der Waals surface area contributed by atoms with E-state index in [9.17, 15) is 9.90 Å². The van der Waals surface area contributed by atoms with Crippen molar-refractivity contribution in [3.8, 4) is 11.8 Å². The Kier molecular flexibility index (Phi) is 3.21. The number of aliphatic hydroxyl groups is 1. The Morgan fingerprint density at radius 1 is 1.53 bits per heavy atom. The molecule has 2 rings (SSSR count). The molecule has 100 valence electrons. The minimum atomic E-state index is -0.891. The first kappa shape index (κ1) is 13.4. The van der Waals surface area contributed by atoms with Gasteiger partial charge >= 0.3 is 0 Å². The van der Waals surface area contributed by atoms with Crippen LogP contribution >= 0.6 is 0 Å². The van der Waals surface area contributed by atoms with Crippen LogP contribution in [0.3, 0.4) is 0 Å². The Labute approximate surface area is 111 Å². The number of benzene rings is 1. The van der Waals surface area contributed by atoms with E-state index < -0.39 is 17.7 Å². The largest absolute Gasteiger partial charge is 0.485 e. The van der Waals surface area contributed by atoms with E-state index in [1.165, 1.54) is 6.92 Å². The van der Waals surface area contributed by atoms with Crippen molar-refractivity contribution < 1.29 is 14.6 Å². The van der Waals surface area contributed by atoms with Gasteiger partial charge in [-0.1, -0.05) is 0 Å². The van der Waals surface area contributed by atoms with E-state index in [1.807, 2.05) is 6.07 Å². The van der Waals surface area contributed by atoms with E-state index >= 15 is 0 Å². The molecule has 1 heterocycles. The Bertz CT molecular complexity index is 560. The number of ether oxygens (including phenoxy) is 1. The standard InChI is InChI=1S/C14H16N2O3/c1-8(17)16-12-10-6-9(7-15)4-5-11(10)19-14(2,3)13(12)18/h4-6,12-13,18H,1-3H3,(H,16,17)/t12-,13-/m1/s1. The summed E-state index contributed by atoms with van der Waals surface area (Å²) in [4.78, 5) is 11.3. The van der Waals surface area contributed by atoms with Crippen molar-refractivity contribution in [2.24, 2.45) is 0 Å². The molecule has 1 aromatic rings. The van der Waals surface area contributed by atoms with Gasteiger partial charge in [0.2, 0.25) is 5.91 Å². The maximum atomic E-state index is 11.3. The van der Waals surface area contributed by atoms with Crippen molar-refractivity contribution in [1.82, 2.24) is 5.32 Å². The van der Waals surface area contributed by atoms with Crippen LogP contribution in [0, 0.1) is 11.3 Å². The number of nitriles is 1. The smallest absolute Gasteiger partial charge is 0.217 e. The summed E-state index contributed by atoms with van der Waals surface area (Å²) in [6.07, 6.45) is -0.891. The molecule has 0 bridgehead atoms. The average Bonchev–Trinajstić information content (AvgIpc) is 2.34. The number of carbonyl (C=O) groups is 1. The Morgan fingerprint density at radius 3 is 2.79 bits per heavy atom. The lowest BCUT2D eigenvalue weighted by atomic mass is 9.86. The molecule has 1 aliphatic rings. The van der Waals surface area contributed by atoms with Crippen LogP contribution in [0.4, 0.5) is 0 Å². The highest BCUT2D eigenvalue weighted by Crippen LogP contribution is 2.40. The van der Waals surface area contributed by atoms with Gasteiger partial charge in [0.25, 0.3) is 0 Å². The van der Waals surface area contributed by atoms with Crippen LogP contribution in [0.5, 0.6) is 5.75 Å². The number of aliphatic hydroxyl groups excluding tert-OH is 1. The molecule has 0 fully saturated rings. The van der Waals surface area contributed by atoms with Gasteiger partial charge in [-0.3, -0.25) is 4.79 Å². The van der Waals surface area contributed by atoms with Crippen molar-refractivity contribution in [3.63, 3.8) is 0 Å². The van der Waals surface area contributed by atoms with Crippen LogP contribution in [-0.4, -0.2) is 22.7 Å². The minimum Gasteiger partial charge on any atom is -0.485 e. The van der Waals surface area contributed by atoms with Crippen molar-refractivity contribution in [3.05, 3.63) is 29.3 Å². The molecule has 5 nitrogen and oxygen atoms in total. The second-order valence-corrected chi connectivity index (χ2v) is 5.19. The first-order valence-corrected chi connectivity index (χ1v) is 6.03. The third-order valence-corrected chi connectivity index (χ3v) is 3.23. The Balaban J connectivity index is 2.52. The van der Waals surface area contributed by atoms with Crippen LogP contribution in [0.15, 0.2) is 18.2 Å². The summed E-state index contributed by atoms with van der Waals surface area (Å²) < 4.78 is 5.73. The molecule has 1 aliphatic heterocycles. The maximum absolute atomic E-state index is 11.3. The van der Waals surface area contributed by atoms with Gasteiger partial charge < -0.3 is 15.2 Å². The third kappa shape index (κ3) is 2.40. The highest BCUT2D eigenvalue weighted by molar-refractivity contribution is 5.74. The van der Waals surface area contributed by atoms with Gasteiger partial charge in [-0.25, -0.2) is 0 Å². The van der Waals surface area contributed by atoms with Crippen LogP contribution in [0.1, 0.15) is 37.9 Å². The summed E-state index contributed by atoms with van der Waals surface area (Å²) in [6, 6.07) is 6.43. The molecule has 0 spiro atoms. The molecule has 5 heteroatoms. The van der Waals surface area contributed by atoms with Crippen LogP contribution in [0.2, 0.25) is 0 Å². The maximum Gasteiger partial charge on any atom is 0.217 e. The first-order valence-electron chi connectivity index (χ1n) is 6.03. The summed E-state index contributed by atoms with van der Waals surface area (Å²) in [6.45, 7) is 4.91. The highest BCUT2D eigenvalue weighted by atomic mass is 16.5. The number of nitrogens with zero attached hydrogens (tertiary/aromatic N) is 1. The number of carbonyl (C=O) groups excluding carboxylic acids is 1. The predicted octanol–water partition coefficient (Wildman–Crippen LogP) is 1.27. The third-order valence-electron chi connectivity index (χ3n) is 3.23. The van der Waals surface area contributed by atoms with Gasteiger partial charge in [0.05, 0.1) is 17.7 Å². The number of amides is 1. The van der Waals surface area contributed by atoms with E-state index in [0.29, 0.717) is 16.9 Å². The molecule has 0 aliphatic carbocycles. The summed E-state index contributed by atoms with van der Waals surface area (Å²) in [5.41, 5.74) is 0.277. The van der Waals surface area contributed by atoms with Crippen molar-refractivity contribution in [2.45, 2.75) is 38.5 Å². The van der Waals surface area contributed by atoms with Gasteiger partial charge in [0, 0.05) is 12.5 Å². The summed E-state index contributed by atoms with van der Waals surface area (Å²) in [5.74, 6) is 0.336. The molecule has 0 saturated carbocycles. The molecule has 0 unspecified atom stereocenters. The normalized spacial score (nSPS) is 23.7. The molecule has 19 heavy (non-hydrogen) atoms. The number of hydrogen-bond donors (Lipinski definition) is 2. The van der Waals surface area contributed by atoms with E-state index in [1.54, 1.807) is 32.0 Å². The second-order valence-electron chi connectivity index (χ2n) is 5.19. The molecular formula is C14H16N2O3. The fraction of sp³-hybridized carbons (Fsp3) is 0.429. The van der Waals surface area contributed by atoms with Gasteiger partial charge in [-0.15, -0.1) is 0 Å². The zero-order valence-electron chi connectivity index (χ0n) is 11.1. The van der Waals surface area contributed by atoms with Gasteiger partial charge in [-0.05, 0) is 32.0 Å². The summed E-state index contributed by atoms with van der Waals surface area (Å²) >= 11 is 0. The van der Waals surface area contributed by atoms with Crippen molar-refractivity contribution >= 4 is 5.91 Å². The number of rotatable bonds is 1. The van der Waals surface area contributed by atoms with E-state index in [0.717, 1.165) is 0 Å². The molecule has 2 atom stereocenters. The topological polar surface area (TPSA) is 82.4 Å². The van der Waals surface area contributed by atoms with Crippen LogP contribution in [-0.2, 0) is 4.79 Å². The quantitative estimate of drug-likeness (QED) is 0.796. The zero-order valence-corrected chi connectivity index (χ0v) is 11.1. The average molecular weight is 260 g/mol. The molecule has 0 saturated heterocycles. The lowest BCUT2D eigenvalue weighted by Gasteiger charge is -2.42. The number of hydrogen-bond acceptors (Lipinski definition) is 4. The molecule has 1 amide bonds. The Morgan fingerprint density at radius 2 is 2.21 bits per heavy atom. The SMILES string of the molecule is CC(=O)N[C@@H]1c2cc(C#N)ccc2OC(C)(C)[C@@H]1O. The van der Waals surface area contributed by atoms with Crippen LogP contribution < -0.4 is 10.1 Å². The molecule has 2 N–H and O–H groups in total. The summed E-state index contributed by atoms with van der Waals surface area (Å²) in [5, 5.41) is 22.0. The Hall–Kier alpha value is -2.06. The number of nitrogens with one attached hydrogen (secondary N) is 1. The van der Waals surface area contributed by atoms with E-state index in [2.05, 4.69) is 5.32 Å². The summed E-state index contributed by atoms with van der Waals surface area (Å²) in [7, 11) is 0. The fourth-order valence-electron chi connectivity index (χ4n) is 2.24. The van der Waals surface area contributed by atoms with Gasteiger partial charge in [0.15, 0.2) is 0 Å². The number of fused-ring (bicyclic) bond motifs is 1. The molecular weight excluding hydrogens is 244 g/mol. The lowest BCUT2D eigenvalue weighted by Crippen LogP contribution is -2.53. The van der Waals surface area contributed by atoms with Gasteiger partial charge in [0.1, 0.15) is 17.5 Å². The predicted molar refractivity (Wildman–Crippen MR) is 68.4 cm³/mol. The van der Waals surface area contributed by atoms with Crippen LogP contribution in [0.25, 0.3) is 0 Å². The lowest BCUT2D eigenvalue weighted by molar-refractivity contribution is -0.123. The zero-order chi connectivity index (χ0) is 14.2. The van der Waals surface area contributed by atoms with Crippen molar-refractivity contribution in [2.75, 3.05) is 0 Å². The first-order chi connectivity index (χ1) is 8.85. The molecule has 0 aromatic heterocycles. The van der Waals surface area contributed by atoms with E-state index in [-0.39, 0.29) is 5.91 Å². The van der Waals surface area contributed by atoms with Crippen molar-refractivity contribution in [1.29, 1.82) is 5.26 Å². The fourth-order valence-corrected chi connectivity index (χ4v) is 2.24. The molecule has 0 radical (unpaired) electrons.